The SMILES string of the molecule is Fc1ccc(-c2ccccc2)c(-c2ccccn2)c1-c1ccccc1. The van der Waals surface area contributed by atoms with Crippen molar-refractivity contribution in [1.82, 2.24) is 4.98 Å². The van der Waals surface area contributed by atoms with Crippen molar-refractivity contribution in [3.8, 4) is 33.5 Å². The van der Waals surface area contributed by atoms with E-state index in [4.69, 9.17) is 0 Å². The summed E-state index contributed by atoms with van der Waals surface area (Å²) in [6.45, 7) is 0. The Morgan fingerprint density at radius 1 is 0.560 bits per heavy atom. The van der Waals surface area contributed by atoms with Crippen molar-refractivity contribution in [2.75, 3.05) is 0 Å². The molecule has 25 heavy (non-hydrogen) atoms. The first-order chi connectivity index (χ1) is 12.3. The van der Waals surface area contributed by atoms with E-state index in [1.165, 1.54) is 6.07 Å². The van der Waals surface area contributed by atoms with Crippen LogP contribution in [0.1, 0.15) is 0 Å². The summed E-state index contributed by atoms with van der Waals surface area (Å²) in [7, 11) is 0. The van der Waals surface area contributed by atoms with Crippen LogP contribution in [0.5, 0.6) is 0 Å². The molecular formula is C23H16FN. The maximum atomic E-state index is 14.9. The number of nitrogens with zero attached hydrogens (tertiary/aromatic N) is 1. The van der Waals surface area contributed by atoms with Crippen molar-refractivity contribution in [2.45, 2.75) is 0 Å². The highest BCUT2D eigenvalue weighted by Gasteiger charge is 2.18. The minimum absolute atomic E-state index is 0.244. The lowest BCUT2D eigenvalue weighted by molar-refractivity contribution is 0.632. The second kappa shape index (κ2) is 6.70. The van der Waals surface area contributed by atoms with Crippen molar-refractivity contribution in [1.29, 1.82) is 0 Å². The molecule has 0 atom stereocenters. The first kappa shape index (κ1) is 15.3. The molecule has 0 fully saturated rings. The standard InChI is InChI=1S/C23H16FN/c24-20-15-14-19(17-9-3-1-4-10-17)23(21-13-7-8-16-25-21)22(20)18-11-5-2-6-12-18/h1-16H. The van der Waals surface area contributed by atoms with Gasteiger partial charge in [-0.25, -0.2) is 4.39 Å². The predicted molar refractivity (Wildman–Crippen MR) is 101 cm³/mol. The normalized spacial score (nSPS) is 10.6. The first-order valence-electron chi connectivity index (χ1n) is 8.19. The zero-order chi connectivity index (χ0) is 17.1. The summed E-state index contributed by atoms with van der Waals surface area (Å²) in [4.78, 5) is 4.50. The highest BCUT2D eigenvalue weighted by atomic mass is 19.1. The maximum absolute atomic E-state index is 14.9. The first-order valence-corrected chi connectivity index (χ1v) is 8.19. The van der Waals surface area contributed by atoms with Gasteiger partial charge in [-0.1, -0.05) is 72.8 Å². The van der Waals surface area contributed by atoms with E-state index in [2.05, 4.69) is 4.98 Å². The van der Waals surface area contributed by atoms with Gasteiger partial charge in [-0.05, 0) is 34.9 Å². The molecule has 0 N–H and O–H groups in total. The average molecular weight is 325 g/mol. The van der Waals surface area contributed by atoms with Gasteiger partial charge in [-0.15, -0.1) is 0 Å². The second-order valence-electron chi connectivity index (χ2n) is 5.79. The Morgan fingerprint density at radius 2 is 1.20 bits per heavy atom. The van der Waals surface area contributed by atoms with E-state index < -0.39 is 0 Å². The highest BCUT2D eigenvalue weighted by Crippen LogP contribution is 2.40. The van der Waals surface area contributed by atoms with Crippen LogP contribution in [0.2, 0.25) is 0 Å². The zero-order valence-corrected chi connectivity index (χ0v) is 13.6. The van der Waals surface area contributed by atoms with Crippen molar-refractivity contribution < 1.29 is 4.39 Å². The summed E-state index contributed by atoms with van der Waals surface area (Å²) in [5.41, 5.74) is 5.02. The van der Waals surface area contributed by atoms with Crippen LogP contribution in [0.4, 0.5) is 4.39 Å². The van der Waals surface area contributed by atoms with Crippen LogP contribution in [0, 0.1) is 5.82 Å². The Labute approximate surface area is 146 Å². The lowest BCUT2D eigenvalue weighted by Crippen LogP contribution is -1.95. The molecule has 1 nitrogen and oxygen atoms in total. The number of hydrogen-bond acceptors (Lipinski definition) is 1. The molecule has 1 heterocycles. The minimum Gasteiger partial charge on any atom is -0.256 e. The summed E-state index contributed by atoms with van der Waals surface area (Å²) < 4.78 is 14.9. The van der Waals surface area contributed by atoms with Crippen LogP contribution < -0.4 is 0 Å². The van der Waals surface area contributed by atoms with Gasteiger partial charge in [0.2, 0.25) is 0 Å². The molecule has 0 aliphatic heterocycles. The molecule has 120 valence electrons. The molecule has 0 amide bonds. The van der Waals surface area contributed by atoms with Crippen LogP contribution in [0.15, 0.2) is 97.2 Å². The summed E-state index contributed by atoms with van der Waals surface area (Å²) in [6, 6.07) is 28.8. The van der Waals surface area contributed by atoms with Gasteiger partial charge in [0.1, 0.15) is 5.82 Å². The molecule has 0 aliphatic carbocycles. The molecule has 4 aromatic rings. The number of benzene rings is 3. The molecule has 2 heteroatoms. The Morgan fingerprint density at radius 3 is 1.84 bits per heavy atom. The second-order valence-corrected chi connectivity index (χ2v) is 5.79. The van der Waals surface area contributed by atoms with Crippen LogP contribution in [-0.2, 0) is 0 Å². The third-order valence-corrected chi connectivity index (χ3v) is 4.22. The molecular weight excluding hydrogens is 309 g/mol. The van der Waals surface area contributed by atoms with Gasteiger partial charge in [-0.2, -0.15) is 0 Å². The van der Waals surface area contributed by atoms with E-state index in [0.29, 0.717) is 5.56 Å². The fraction of sp³-hybridized carbons (Fsp3) is 0. The van der Waals surface area contributed by atoms with Crippen LogP contribution in [0.25, 0.3) is 33.5 Å². The van der Waals surface area contributed by atoms with E-state index in [-0.39, 0.29) is 5.82 Å². The molecule has 3 aromatic carbocycles. The van der Waals surface area contributed by atoms with Gasteiger partial charge in [0.15, 0.2) is 0 Å². The molecule has 0 aliphatic rings. The summed E-state index contributed by atoms with van der Waals surface area (Å²) in [6.07, 6.45) is 1.74. The fourth-order valence-corrected chi connectivity index (χ4v) is 3.10. The molecule has 4 rings (SSSR count). The highest BCUT2D eigenvalue weighted by molar-refractivity contribution is 5.93. The average Bonchev–Trinajstić information content (AvgIpc) is 2.70. The smallest absolute Gasteiger partial charge is 0.131 e. The minimum atomic E-state index is -0.244. The number of halogens is 1. The van der Waals surface area contributed by atoms with Crippen molar-refractivity contribution in [3.05, 3.63) is 103 Å². The lowest BCUT2D eigenvalue weighted by Gasteiger charge is -2.16. The zero-order valence-electron chi connectivity index (χ0n) is 13.6. The Balaban J connectivity index is 2.08. The number of rotatable bonds is 3. The van der Waals surface area contributed by atoms with E-state index in [1.807, 2.05) is 84.9 Å². The summed E-state index contributed by atoms with van der Waals surface area (Å²) >= 11 is 0. The summed E-state index contributed by atoms with van der Waals surface area (Å²) in [5.74, 6) is -0.244. The third-order valence-electron chi connectivity index (χ3n) is 4.22. The molecule has 0 saturated carbocycles. The Hall–Kier alpha value is -3.26. The Kier molecular flexibility index (Phi) is 4.09. The van der Waals surface area contributed by atoms with Crippen molar-refractivity contribution in [2.24, 2.45) is 0 Å². The van der Waals surface area contributed by atoms with Gasteiger partial charge < -0.3 is 0 Å². The van der Waals surface area contributed by atoms with Gasteiger partial charge in [0, 0.05) is 17.3 Å². The van der Waals surface area contributed by atoms with E-state index in [1.54, 1.807) is 6.20 Å². The van der Waals surface area contributed by atoms with Gasteiger partial charge in [0.25, 0.3) is 0 Å². The van der Waals surface area contributed by atoms with Crippen LogP contribution in [-0.4, -0.2) is 4.98 Å². The number of hydrogen-bond donors (Lipinski definition) is 0. The predicted octanol–water partition coefficient (Wildman–Crippen LogP) is 6.22. The number of aromatic nitrogens is 1. The quantitative estimate of drug-likeness (QED) is 0.435. The van der Waals surface area contributed by atoms with Gasteiger partial charge >= 0.3 is 0 Å². The van der Waals surface area contributed by atoms with Gasteiger partial charge in [-0.3, -0.25) is 4.98 Å². The van der Waals surface area contributed by atoms with E-state index in [9.17, 15) is 4.39 Å². The number of pyridine rings is 1. The van der Waals surface area contributed by atoms with Crippen LogP contribution >= 0.6 is 0 Å². The molecule has 0 bridgehead atoms. The lowest BCUT2D eigenvalue weighted by atomic mass is 9.89. The van der Waals surface area contributed by atoms with E-state index in [0.717, 1.165) is 27.9 Å². The largest absolute Gasteiger partial charge is 0.256 e. The molecule has 0 unspecified atom stereocenters. The Bertz CT molecular complexity index is 980. The molecule has 1 aromatic heterocycles. The molecule has 0 saturated heterocycles. The van der Waals surface area contributed by atoms with E-state index >= 15 is 0 Å². The fourth-order valence-electron chi connectivity index (χ4n) is 3.10. The van der Waals surface area contributed by atoms with Gasteiger partial charge in [0.05, 0.1) is 5.69 Å². The van der Waals surface area contributed by atoms with Crippen molar-refractivity contribution in [3.63, 3.8) is 0 Å². The summed E-state index contributed by atoms with van der Waals surface area (Å²) in [5, 5.41) is 0. The topological polar surface area (TPSA) is 12.9 Å². The monoisotopic (exact) mass is 325 g/mol. The van der Waals surface area contributed by atoms with Crippen LogP contribution in [0.3, 0.4) is 0 Å². The van der Waals surface area contributed by atoms with Crippen molar-refractivity contribution >= 4 is 0 Å². The third kappa shape index (κ3) is 2.94. The molecule has 0 radical (unpaired) electrons. The maximum Gasteiger partial charge on any atom is 0.131 e. The molecule has 0 spiro atoms.